The number of benzene rings is 1. The summed E-state index contributed by atoms with van der Waals surface area (Å²) < 4.78 is 28.3. The zero-order chi connectivity index (χ0) is 10.9. The molecule has 5 heteroatoms. The summed E-state index contributed by atoms with van der Waals surface area (Å²) in [5.74, 6) is 0.510. The van der Waals surface area contributed by atoms with Crippen molar-refractivity contribution in [1.82, 2.24) is 5.06 Å². The van der Waals surface area contributed by atoms with Crippen molar-refractivity contribution in [1.29, 1.82) is 0 Å². The zero-order valence-electron chi connectivity index (χ0n) is 8.46. The molecule has 1 aliphatic rings. The minimum absolute atomic E-state index is 0.199. The predicted molar refractivity (Wildman–Crippen MR) is 55.4 cm³/mol. The van der Waals surface area contributed by atoms with Gasteiger partial charge in [0.1, 0.15) is 0 Å². The second-order valence-electron chi connectivity index (χ2n) is 3.79. The smallest absolute Gasteiger partial charge is 0.192 e. The third-order valence-corrected chi connectivity index (χ3v) is 3.52. The van der Waals surface area contributed by atoms with E-state index in [1.54, 1.807) is 18.2 Å². The molecule has 0 N–H and O–H groups in total. The Hall–Kier alpha value is -0.910. The molecule has 0 spiro atoms. The minimum Gasteiger partial charge on any atom is -0.192 e. The van der Waals surface area contributed by atoms with Crippen molar-refractivity contribution >= 4 is 10.1 Å². The molecule has 1 heterocycles. The summed E-state index contributed by atoms with van der Waals surface area (Å²) in [6.45, 7) is 3.40. The van der Waals surface area contributed by atoms with E-state index in [4.69, 9.17) is 4.28 Å². The lowest BCUT2D eigenvalue weighted by Crippen LogP contribution is -2.45. The van der Waals surface area contributed by atoms with Gasteiger partial charge in [0.05, 0.1) is 4.90 Å². The molecule has 1 fully saturated rings. The van der Waals surface area contributed by atoms with E-state index in [2.05, 4.69) is 6.92 Å². The van der Waals surface area contributed by atoms with Crippen LogP contribution in [-0.4, -0.2) is 26.6 Å². The molecule has 0 unspecified atom stereocenters. The summed E-state index contributed by atoms with van der Waals surface area (Å²) >= 11 is 0. The molecule has 0 atom stereocenters. The van der Waals surface area contributed by atoms with Crippen LogP contribution in [0.4, 0.5) is 0 Å². The predicted octanol–water partition coefficient (Wildman–Crippen LogP) is 1.26. The molecule has 15 heavy (non-hydrogen) atoms. The number of nitrogens with zero attached hydrogens (tertiary/aromatic N) is 1. The van der Waals surface area contributed by atoms with Gasteiger partial charge in [-0.15, -0.1) is 0 Å². The highest BCUT2D eigenvalue weighted by molar-refractivity contribution is 7.86. The number of hydroxylamine groups is 2. The van der Waals surface area contributed by atoms with Crippen molar-refractivity contribution in [2.75, 3.05) is 13.1 Å². The first-order chi connectivity index (χ1) is 7.08. The van der Waals surface area contributed by atoms with E-state index in [0.717, 1.165) is 0 Å². The molecule has 0 saturated carbocycles. The van der Waals surface area contributed by atoms with Gasteiger partial charge < -0.3 is 0 Å². The molecular weight excluding hydrogens is 214 g/mol. The van der Waals surface area contributed by atoms with Gasteiger partial charge in [-0.1, -0.05) is 25.1 Å². The van der Waals surface area contributed by atoms with Crippen molar-refractivity contribution in [2.45, 2.75) is 11.8 Å². The Bertz CT molecular complexity index is 423. The highest BCUT2D eigenvalue weighted by atomic mass is 32.2. The fraction of sp³-hybridized carbons (Fsp3) is 0.400. The van der Waals surface area contributed by atoms with Crippen LogP contribution in [0.1, 0.15) is 6.92 Å². The molecular formula is C10H13NO3S. The number of hydrogen-bond donors (Lipinski definition) is 0. The first-order valence-electron chi connectivity index (χ1n) is 4.82. The topological polar surface area (TPSA) is 46.6 Å². The summed E-state index contributed by atoms with van der Waals surface area (Å²) in [7, 11) is -3.62. The van der Waals surface area contributed by atoms with Crippen molar-refractivity contribution in [3.05, 3.63) is 30.3 Å². The lowest BCUT2D eigenvalue weighted by Gasteiger charge is -2.34. The first-order valence-corrected chi connectivity index (χ1v) is 6.23. The Labute approximate surface area is 89.5 Å². The molecule has 4 nitrogen and oxygen atoms in total. The van der Waals surface area contributed by atoms with Gasteiger partial charge in [-0.3, -0.25) is 0 Å². The third kappa shape index (κ3) is 2.37. The second-order valence-corrected chi connectivity index (χ2v) is 5.32. The summed E-state index contributed by atoms with van der Waals surface area (Å²) in [6.07, 6.45) is 0. The SMILES string of the molecule is CC1CN(OS(=O)(=O)c2ccccc2)C1. The van der Waals surface area contributed by atoms with Crippen LogP contribution in [0.5, 0.6) is 0 Å². The Balaban J connectivity index is 2.08. The fourth-order valence-corrected chi connectivity index (χ4v) is 2.45. The Morgan fingerprint density at radius 1 is 1.27 bits per heavy atom. The Kier molecular flexibility index (Phi) is 2.77. The van der Waals surface area contributed by atoms with E-state index in [9.17, 15) is 8.42 Å². The van der Waals surface area contributed by atoms with E-state index >= 15 is 0 Å². The van der Waals surface area contributed by atoms with Gasteiger partial charge in [0.2, 0.25) is 0 Å². The molecule has 1 aromatic carbocycles. The van der Waals surface area contributed by atoms with Crippen LogP contribution in [0.15, 0.2) is 35.2 Å². The molecule has 1 aliphatic heterocycles. The van der Waals surface area contributed by atoms with E-state index in [1.165, 1.54) is 17.2 Å². The normalized spacial score (nSPS) is 18.7. The van der Waals surface area contributed by atoms with Crippen LogP contribution < -0.4 is 0 Å². The fourth-order valence-electron chi connectivity index (χ4n) is 1.47. The Morgan fingerprint density at radius 3 is 2.40 bits per heavy atom. The number of hydrogen-bond acceptors (Lipinski definition) is 4. The largest absolute Gasteiger partial charge is 0.313 e. The average molecular weight is 227 g/mol. The van der Waals surface area contributed by atoms with Crippen molar-refractivity contribution < 1.29 is 12.7 Å². The van der Waals surface area contributed by atoms with E-state index < -0.39 is 10.1 Å². The van der Waals surface area contributed by atoms with Crippen LogP contribution in [0.2, 0.25) is 0 Å². The van der Waals surface area contributed by atoms with Crippen molar-refractivity contribution in [3.8, 4) is 0 Å². The maximum atomic E-state index is 11.7. The van der Waals surface area contributed by atoms with Crippen LogP contribution in [0, 0.1) is 5.92 Å². The molecule has 0 aromatic heterocycles. The number of rotatable bonds is 3. The van der Waals surface area contributed by atoms with Gasteiger partial charge in [0.25, 0.3) is 0 Å². The van der Waals surface area contributed by atoms with E-state index in [0.29, 0.717) is 19.0 Å². The molecule has 82 valence electrons. The lowest BCUT2D eigenvalue weighted by molar-refractivity contribution is -0.130. The van der Waals surface area contributed by atoms with Crippen LogP contribution in [-0.2, 0) is 14.4 Å². The van der Waals surface area contributed by atoms with Crippen molar-refractivity contribution in [3.63, 3.8) is 0 Å². The summed E-state index contributed by atoms with van der Waals surface area (Å²) in [5.41, 5.74) is 0. The lowest BCUT2D eigenvalue weighted by atomic mass is 10.1. The van der Waals surface area contributed by atoms with Crippen molar-refractivity contribution in [2.24, 2.45) is 5.92 Å². The van der Waals surface area contributed by atoms with Crippen LogP contribution >= 0.6 is 0 Å². The third-order valence-electron chi connectivity index (χ3n) is 2.27. The summed E-state index contributed by atoms with van der Waals surface area (Å²) in [4.78, 5) is 0.199. The monoisotopic (exact) mass is 227 g/mol. The van der Waals surface area contributed by atoms with Gasteiger partial charge in [0.15, 0.2) is 0 Å². The Morgan fingerprint density at radius 2 is 1.87 bits per heavy atom. The molecule has 2 rings (SSSR count). The second kappa shape index (κ2) is 3.92. The molecule has 0 bridgehead atoms. The molecule has 1 saturated heterocycles. The quantitative estimate of drug-likeness (QED) is 0.780. The van der Waals surface area contributed by atoms with Crippen LogP contribution in [0.3, 0.4) is 0 Å². The molecule has 1 aromatic rings. The maximum absolute atomic E-state index is 11.7. The van der Waals surface area contributed by atoms with Gasteiger partial charge in [-0.25, -0.2) is 0 Å². The highest BCUT2D eigenvalue weighted by Gasteiger charge is 2.29. The van der Waals surface area contributed by atoms with Gasteiger partial charge >= 0.3 is 10.1 Å². The standard InChI is InChI=1S/C10H13NO3S/c1-9-7-11(8-9)14-15(12,13)10-5-3-2-4-6-10/h2-6,9H,7-8H2,1H3. The van der Waals surface area contributed by atoms with Gasteiger partial charge in [-0.2, -0.15) is 17.8 Å². The zero-order valence-corrected chi connectivity index (χ0v) is 9.28. The van der Waals surface area contributed by atoms with E-state index in [1.807, 2.05) is 0 Å². The molecule has 0 radical (unpaired) electrons. The molecule has 0 aliphatic carbocycles. The average Bonchev–Trinajstić information content (AvgIpc) is 2.17. The minimum atomic E-state index is -3.62. The van der Waals surface area contributed by atoms with Gasteiger partial charge in [0, 0.05) is 13.1 Å². The maximum Gasteiger partial charge on any atom is 0.313 e. The highest BCUT2D eigenvalue weighted by Crippen LogP contribution is 2.20. The van der Waals surface area contributed by atoms with Crippen LogP contribution in [0.25, 0.3) is 0 Å². The molecule has 0 amide bonds. The summed E-state index contributed by atoms with van der Waals surface area (Å²) in [5, 5.41) is 1.47. The summed E-state index contributed by atoms with van der Waals surface area (Å²) in [6, 6.07) is 8.17. The van der Waals surface area contributed by atoms with E-state index in [-0.39, 0.29) is 4.90 Å². The first kappa shape index (κ1) is 10.6. The van der Waals surface area contributed by atoms with Gasteiger partial charge in [-0.05, 0) is 18.1 Å².